The van der Waals surface area contributed by atoms with E-state index in [0.29, 0.717) is 6.04 Å². The molecule has 1 aliphatic heterocycles. The second-order valence-corrected chi connectivity index (χ2v) is 5.05. The molecule has 1 fully saturated rings. The van der Waals surface area contributed by atoms with Crippen LogP contribution in [0.25, 0.3) is 0 Å². The van der Waals surface area contributed by atoms with Crippen LogP contribution in [0.2, 0.25) is 0 Å². The zero-order chi connectivity index (χ0) is 12.1. The van der Waals surface area contributed by atoms with Crippen molar-refractivity contribution in [1.82, 2.24) is 5.32 Å². The number of aryl methyl sites for hydroxylation is 2. The summed E-state index contributed by atoms with van der Waals surface area (Å²) in [5.74, 6) is 1.03. The van der Waals surface area contributed by atoms with Gasteiger partial charge in [-0.3, -0.25) is 0 Å². The van der Waals surface area contributed by atoms with Crippen molar-refractivity contribution in [3.63, 3.8) is 0 Å². The Balaban J connectivity index is 1.77. The predicted molar refractivity (Wildman–Crippen MR) is 71.7 cm³/mol. The third-order valence-corrected chi connectivity index (χ3v) is 3.47. The van der Waals surface area contributed by atoms with Crippen LogP contribution in [0.15, 0.2) is 18.2 Å². The highest BCUT2D eigenvalue weighted by Crippen LogP contribution is 2.19. The lowest BCUT2D eigenvalue weighted by molar-refractivity contribution is 0.267. The summed E-state index contributed by atoms with van der Waals surface area (Å²) in [4.78, 5) is 0. The van der Waals surface area contributed by atoms with Crippen LogP contribution in [0.1, 0.15) is 36.8 Å². The smallest absolute Gasteiger partial charge is 0.122 e. The van der Waals surface area contributed by atoms with Gasteiger partial charge in [-0.05, 0) is 51.3 Å². The molecule has 0 amide bonds. The molecule has 1 aromatic carbocycles. The Morgan fingerprint density at radius 1 is 1.29 bits per heavy atom. The van der Waals surface area contributed by atoms with Gasteiger partial charge in [-0.15, -0.1) is 0 Å². The summed E-state index contributed by atoms with van der Waals surface area (Å²) in [6, 6.07) is 7.03. The number of benzene rings is 1. The van der Waals surface area contributed by atoms with Gasteiger partial charge in [-0.25, -0.2) is 0 Å². The lowest BCUT2D eigenvalue weighted by Gasteiger charge is -2.23. The zero-order valence-electron chi connectivity index (χ0n) is 11.0. The molecule has 1 heterocycles. The number of ether oxygens (including phenoxy) is 1. The largest absolute Gasteiger partial charge is 0.493 e. The molecule has 1 atom stereocenters. The first-order chi connectivity index (χ1) is 8.25. The SMILES string of the molecule is Cc1ccc(OCC[C@@H]2CCCCN2)c(C)c1. The van der Waals surface area contributed by atoms with Crippen molar-refractivity contribution in [1.29, 1.82) is 0 Å². The minimum Gasteiger partial charge on any atom is -0.493 e. The molecule has 2 heteroatoms. The molecule has 0 radical (unpaired) electrons. The van der Waals surface area contributed by atoms with Crippen LogP contribution in [-0.4, -0.2) is 19.2 Å². The Morgan fingerprint density at radius 2 is 2.18 bits per heavy atom. The molecule has 2 nitrogen and oxygen atoms in total. The maximum Gasteiger partial charge on any atom is 0.122 e. The van der Waals surface area contributed by atoms with Gasteiger partial charge in [-0.1, -0.05) is 24.1 Å². The molecule has 1 aromatic rings. The van der Waals surface area contributed by atoms with Crippen LogP contribution in [0.5, 0.6) is 5.75 Å². The van der Waals surface area contributed by atoms with E-state index in [1.165, 1.54) is 36.9 Å². The summed E-state index contributed by atoms with van der Waals surface area (Å²) in [5, 5.41) is 3.55. The van der Waals surface area contributed by atoms with E-state index in [9.17, 15) is 0 Å². The second kappa shape index (κ2) is 6.06. The van der Waals surface area contributed by atoms with Gasteiger partial charge < -0.3 is 10.1 Å². The third-order valence-electron chi connectivity index (χ3n) is 3.47. The van der Waals surface area contributed by atoms with Crippen LogP contribution in [0.3, 0.4) is 0 Å². The summed E-state index contributed by atoms with van der Waals surface area (Å²) in [7, 11) is 0. The van der Waals surface area contributed by atoms with Crippen molar-refractivity contribution in [2.24, 2.45) is 0 Å². The molecule has 0 saturated carbocycles. The van der Waals surface area contributed by atoms with Crippen LogP contribution >= 0.6 is 0 Å². The Hall–Kier alpha value is -1.02. The standard InChI is InChI=1S/C15H23NO/c1-12-6-7-15(13(2)11-12)17-10-8-14-5-3-4-9-16-14/h6-7,11,14,16H,3-5,8-10H2,1-2H3/t14-/m0/s1. The molecule has 0 bridgehead atoms. The van der Waals surface area contributed by atoms with Gasteiger partial charge in [0.1, 0.15) is 5.75 Å². The normalized spacial score (nSPS) is 20.2. The summed E-state index contributed by atoms with van der Waals surface area (Å²) in [5.41, 5.74) is 2.53. The fraction of sp³-hybridized carbons (Fsp3) is 0.600. The molecule has 94 valence electrons. The van der Waals surface area contributed by atoms with E-state index in [1.807, 2.05) is 0 Å². The molecule has 1 aliphatic rings. The van der Waals surface area contributed by atoms with E-state index >= 15 is 0 Å². The summed E-state index contributed by atoms with van der Waals surface area (Å²) in [6.07, 6.45) is 5.11. The van der Waals surface area contributed by atoms with Gasteiger partial charge in [0.25, 0.3) is 0 Å². The molecular formula is C15H23NO. The van der Waals surface area contributed by atoms with Gasteiger partial charge in [-0.2, -0.15) is 0 Å². The fourth-order valence-corrected chi connectivity index (χ4v) is 2.44. The van der Waals surface area contributed by atoms with E-state index in [-0.39, 0.29) is 0 Å². The number of hydrogen-bond acceptors (Lipinski definition) is 2. The van der Waals surface area contributed by atoms with Crippen molar-refractivity contribution >= 4 is 0 Å². The van der Waals surface area contributed by atoms with E-state index in [4.69, 9.17) is 4.74 Å². The van der Waals surface area contributed by atoms with Gasteiger partial charge >= 0.3 is 0 Å². The summed E-state index contributed by atoms with van der Waals surface area (Å²) >= 11 is 0. The first-order valence-electron chi connectivity index (χ1n) is 6.69. The average molecular weight is 233 g/mol. The first kappa shape index (κ1) is 12.4. The van der Waals surface area contributed by atoms with Gasteiger partial charge in [0.15, 0.2) is 0 Å². The second-order valence-electron chi connectivity index (χ2n) is 5.05. The van der Waals surface area contributed by atoms with E-state index < -0.39 is 0 Å². The van der Waals surface area contributed by atoms with Crippen molar-refractivity contribution in [3.05, 3.63) is 29.3 Å². The van der Waals surface area contributed by atoms with Crippen LogP contribution in [-0.2, 0) is 0 Å². The van der Waals surface area contributed by atoms with Crippen LogP contribution < -0.4 is 10.1 Å². The maximum atomic E-state index is 5.85. The van der Waals surface area contributed by atoms with Crippen molar-refractivity contribution in [2.45, 2.75) is 45.6 Å². The molecule has 1 N–H and O–H groups in total. The quantitative estimate of drug-likeness (QED) is 0.862. The fourth-order valence-electron chi connectivity index (χ4n) is 2.44. The van der Waals surface area contributed by atoms with Crippen molar-refractivity contribution in [2.75, 3.05) is 13.2 Å². The lowest BCUT2D eigenvalue weighted by atomic mass is 10.0. The minimum atomic E-state index is 0.662. The van der Waals surface area contributed by atoms with Gasteiger partial charge in [0.2, 0.25) is 0 Å². The summed E-state index contributed by atoms with van der Waals surface area (Å²) in [6.45, 7) is 6.22. The molecular weight excluding hydrogens is 210 g/mol. The Morgan fingerprint density at radius 3 is 2.88 bits per heavy atom. The number of piperidine rings is 1. The van der Waals surface area contributed by atoms with E-state index in [0.717, 1.165) is 18.8 Å². The Labute approximate surface area is 104 Å². The maximum absolute atomic E-state index is 5.85. The van der Waals surface area contributed by atoms with Gasteiger partial charge in [0.05, 0.1) is 6.61 Å². The lowest BCUT2D eigenvalue weighted by Crippen LogP contribution is -2.35. The molecule has 0 aliphatic carbocycles. The Bertz CT molecular complexity index is 356. The molecule has 2 rings (SSSR count). The van der Waals surface area contributed by atoms with E-state index in [2.05, 4.69) is 37.4 Å². The first-order valence-corrected chi connectivity index (χ1v) is 6.69. The van der Waals surface area contributed by atoms with Crippen LogP contribution in [0, 0.1) is 13.8 Å². The number of hydrogen-bond donors (Lipinski definition) is 1. The monoisotopic (exact) mass is 233 g/mol. The molecule has 0 spiro atoms. The highest BCUT2D eigenvalue weighted by atomic mass is 16.5. The zero-order valence-corrected chi connectivity index (χ0v) is 11.0. The Kier molecular flexibility index (Phi) is 4.43. The van der Waals surface area contributed by atoms with Crippen molar-refractivity contribution < 1.29 is 4.74 Å². The number of nitrogens with one attached hydrogen (secondary N) is 1. The van der Waals surface area contributed by atoms with Gasteiger partial charge in [0, 0.05) is 6.04 Å². The molecule has 0 unspecified atom stereocenters. The molecule has 17 heavy (non-hydrogen) atoms. The molecule has 1 saturated heterocycles. The van der Waals surface area contributed by atoms with E-state index in [1.54, 1.807) is 0 Å². The van der Waals surface area contributed by atoms with Crippen LogP contribution in [0.4, 0.5) is 0 Å². The average Bonchev–Trinajstić information content (AvgIpc) is 2.33. The third kappa shape index (κ3) is 3.74. The highest BCUT2D eigenvalue weighted by molar-refractivity contribution is 5.35. The van der Waals surface area contributed by atoms with Crippen molar-refractivity contribution in [3.8, 4) is 5.75 Å². The highest BCUT2D eigenvalue weighted by Gasteiger charge is 2.12. The predicted octanol–water partition coefficient (Wildman–Crippen LogP) is 3.21. The number of rotatable bonds is 4. The summed E-state index contributed by atoms with van der Waals surface area (Å²) < 4.78 is 5.85. The molecule has 0 aromatic heterocycles. The topological polar surface area (TPSA) is 21.3 Å². The minimum absolute atomic E-state index is 0.662.